The third-order valence-corrected chi connectivity index (χ3v) is 7.19. The summed E-state index contributed by atoms with van der Waals surface area (Å²) >= 11 is 1.81. The molecule has 3 aromatic rings. The number of anilines is 1. The summed E-state index contributed by atoms with van der Waals surface area (Å²) in [6.45, 7) is 6.64. The lowest BCUT2D eigenvalue weighted by atomic mass is 10.1. The molecule has 3 N–H and O–H groups in total. The number of nitrogens with two attached hydrogens (primary N) is 1. The molecule has 2 aromatic carbocycles. The van der Waals surface area contributed by atoms with Crippen molar-refractivity contribution in [2.45, 2.75) is 52.4 Å². The van der Waals surface area contributed by atoms with Gasteiger partial charge in [0.05, 0.1) is 18.9 Å². The zero-order valence-corrected chi connectivity index (χ0v) is 22.4. The molecule has 0 fully saturated rings. The van der Waals surface area contributed by atoms with Crippen molar-refractivity contribution in [3.8, 4) is 22.8 Å². The molecule has 0 amide bonds. The molecule has 0 saturated carbocycles. The molecular weight excluding hydrogens is 472 g/mol. The number of hydrogen-bond acceptors (Lipinski definition) is 7. The predicted molar refractivity (Wildman–Crippen MR) is 149 cm³/mol. The van der Waals surface area contributed by atoms with E-state index >= 15 is 0 Å². The van der Waals surface area contributed by atoms with E-state index in [0.717, 1.165) is 60.1 Å². The van der Waals surface area contributed by atoms with Gasteiger partial charge in [-0.15, -0.1) is 11.3 Å². The van der Waals surface area contributed by atoms with Crippen LogP contribution in [0.15, 0.2) is 53.7 Å². The molecule has 194 valence electrons. The second kappa shape index (κ2) is 14.3. The van der Waals surface area contributed by atoms with Crippen molar-refractivity contribution >= 4 is 22.3 Å². The van der Waals surface area contributed by atoms with Crippen LogP contribution in [-0.2, 0) is 6.42 Å². The third kappa shape index (κ3) is 7.88. The number of nitrogens with zero attached hydrogens (tertiary/aromatic N) is 3. The summed E-state index contributed by atoms with van der Waals surface area (Å²) < 4.78 is 11.7. The Morgan fingerprint density at radius 1 is 0.944 bits per heavy atom. The largest absolute Gasteiger partial charge is 0.494 e. The first-order valence-corrected chi connectivity index (χ1v) is 13.5. The van der Waals surface area contributed by atoms with E-state index in [2.05, 4.69) is 43.1 Å². The van der Waals surface area contributed by atoms with Crippen molar-refractivity contribution in [3.05, 3.63) is 59.0 Å². The Bertz CT molecular complexity index is 1080. The van der Waals surface area contributed by atoms with Crippen molar-refractivity contribution in [1.82, 2.24) is 4.98 Å². The van der Waals surface area contributed by atoms with Crippen LogP contribution in [-0.4, -0.2) is 42.8 Å². The van der Waals surface area contributed by atoms with Gasteiger partial charge >= 0.3 is 0 Å². The van der Waals surface area contributed by atoms with Gasteiger partial charge in [-0.1, -0.05) is 18.5 Å². The Morgan fingerprint density at radius 2 is 1.56 bits per heavy atom. The van der Waals surface area contributed by atoms with E-state index in [0.29, 0.717) is 18.8 Å². The lowest BCUT2D eigenvalue weighted by Gasteiger charge is -2.11. The Kier molecular flexibility index (Phi) is 10.9. The maximum absolute atomic E-state index is 8.71. The second-order valence-electron chi connectivity index (χ2n) is 8.68. The van der Waals surface area contributed by atoms with Crippen molar-refractivity contribution in [2.75, 3.05) is 31.7 Å². The molecule has 0 atom stereocenters. The van der Waals surface area contributed by atoms with E-state index in [-0.39, 0.29) is 5.84 Å². The normalized spacial score (nSPS) is 11.5. The molecule has 0 spiro atoms. The van der Waals surface area contributed by atoms with E-state index < -0.39 is 0 Å². The van der Waals surface area contributed by atoms with E-state index in [1.54, 1.807) is 12.1 Å². The van der Waals surface area contributed by atoms with Crippen LogP contribution in [0.25, 0.3) is 11.3 Å². The predicted octanol–water partition coefficient (Wildman–Crippen LogP) is 6.33. The van der Waals surface area contributed by atoms with Crippen molar-refractivity contribution < 1.29 is 14.7 Å². The first-order valence-electron chi connectivity index (χ1n) is 12.7. The minimum absolute atomic E-state index is 0.0880. The van der Waals surface area contributed by atoms with Gasteiger partial charge in [-0.3, -0.25) is 0 Å². The number of unbranched alkanes of at least 4 members (excludes halogenated alkanes) is 3. The molecule has 0 aliphatic heterocycles. The fraction of sp³-hybridized carbons (Fsp3) is 0.429. The highest BCUT2D eigenvalue weighted by Crippen LogP contribution is 2.34. The maximum Gasteiger partial charge on any atom is 0.185 e. The van der Waals surface area contributed by atoms with E-state index in [9.17, 15) is 0 Å². The van der Waals surface area contributed by atoms with Gasteiger partial charge in [0.15, 0.2) is 11.0 Å². The summed E-state index contributed by atoms with van der Waals surface area (Å²) in [6.07, 6.45) is 6.36. The molecule has 0 unspecified atom stereocenters. The molecule has 0 aliphatic carbocycles. The maximum atomic E-state index is 8.71. The van der Waals surface area contributed by atoms with Gasteiger partial charge in [0, 0.05) is 29.6 Å². The highest BCUT2D eigenvalue weighted by atomic mass is 32.1. The van der Waals surface area contributed by atoms with E-state index in [4.69, 9.17) is 25.4 Å². The molecule has 0 bridgehead atoms. The van der Waals surface area contributed by atoms with Gasteiger partial charge in [0.2, 0.25) is 0 Å². The minimum Gasteiger partial charge on any atom is -0.494 e. The van der Waals surface area contributed by atoms with Gasteiger partial charge in [-0.25, -0.2) is 4.98 Å². The summed E-state index contributed by atoms with van der Waals surface area (Å²) in [5.74, 6) is 1.74. The van der Waals surface area contributed by atoms with Crippen LogP contribution in [0.3, 0.4) is 0 Å². The molecule has 7 nitrogen and oxygen atoms in total. The summed E-state index contributed by atoms with van der Waals surface area (Å²) in [4.78, 5) is 8.51. The number of amidine groups is 1. The summed E-state index contributed by atoms with van der Waals surface area (Å²) in [6, 6.07) is 15.5. The van der Waals surface area contributed by atoms with Gasteiger partial charge in [0.1, 0.15) is 11.5 Å². The van der Waals surface area contributed by atoms with Gasteiger partial charge in [0.25, 0.3) is 0 Å². The van der Waals surface area contributed by atoms with Gasteiger partial charge in [-0.05, 0) is 87.6 Å². The molecule has 0 radical (unpaired) electrons. The summed E-state index contributed by atoms with van der Waals surface area (Å²) in [7, 11) is 2.10. The molecule has 0 saturated heterocycles. The first-order chi connectivity index (χ1) is 17.5. The fourth-order valence-electron chi connectivity index (χ4n) is 3.62. The Morgan fingerprint density at radius 3 is 2.11 bits per heavy atom. The zero-order valence-electron chi connectivity index (χ0n) is 21.6. The van der Waals surface area contributed by atoms with Crippen LogP contribution in [0, 0.1) is 0 Å². The topological polar surface area (TPSA) is 93.2 Å². The molecule has 3 rings (SSSR count). The molecule has 1 aromatic heterocycles. The lowest BCUT2D eigenvalue weighted by Crippen LogP contribution is -2.15. The average molecular weight is 511 g/mol. The van der Waals surface area contributed by atoms with Crippen molar-refractivity contribution in [3.63, 3.8) is 0 Å². The van der Waals surface area contributed by atoms with Crippen LogP contribution >= 0.6 is 11.3 Å². The Labute approximate surface area is 218 Å². The van der Waals surface area contributed by atoms with Crippen LogP contribution in [0.2, 0.25) is 0 Å². The number of aromatic nitrogens is 1. The lowest BCUT2D eigenvalue weighted by molar-refractivity contribution is 0.279. The molecule has 1 heterocycles. The van der Waals surface area contributed by atoms with Gasteiger partial charge in [-0.2, -0.15) is 0 Å². The second-order valence-corrected chi connectivity index (χ2v) is 9.74. The average Bonchev–Trinajstić information content (AvgIpc) is 3.35. The molecular formula is C28H38N4O3S. The molecule has 36 heavy (non-hydrogen) atoms. The molecule has 0 aliphatic rings. The number of oxime groups is 1. The quantitative estimate of drug-likeness (QED) is 0.0816. The SMILES string of the molecule is CCCCc1sc(N(C)CC)nc1-c1ccc(OCCCCCOc2ccc(C(N)=NO)cc2)cc1. The third-order valence-electron chi connectivity index (χ3n) is 5.96. The highest BCUT2D eigenvalue weighted by molar-refractivity contribution is 7.16. The van der Waals surface area contributed by atoms with Crippen LogP contribution in [0.1, 0.15) is 56.4 Å². The van der Waals surface area contributed by atoms with Crippen LogP contribution < -0.4 is 20.1 Å². The zero-order chi connectivity index (χ0) is 25.8. The fourth-order valence-corrected chi connectivity index (χ4v) is 4.77. The number of thiazole rings is 1. The van der Waals surface area contributed by atoms with Crippen molar-refractivity contribution in [2.24, 2.45) is 10.9 Å². The highest BCUT2D eigenvalue weighted by Gasteiger charge is 2.15. The Hall–Kier alpha value is -3.26. The van der Waals surface area contributed by atoms with E-state index in [1.165, 1.54) is 17.7 Å². The smallest absolute Gasteiger partial charge is 0.185 e. The number of benzene rings is 2. The summed E-state index contributed by atoms with van der Waals surface area (Å²) in [5.41, 5.74) is 8.49. The number of ether oxygens (including phenoxy) is 2. The van der Waals surface area contributed by atoms with Crippen molar-refractivity contribution in [1.29, 1.82) is 0 Å². The number of aryl methyl sites for hydroxylation is 1. The minimum atomic E-state index is 0.0880. The summed E-state index contributed by atoms with van der Waals surface area (Å²) in [5, 5.41) is 12.8. The first kappa shape index (κ1) is 27.3. The Balaban J connectivity index is 1.41. The molecule has 8 heteroatoms. The van der Waals surface area contributed by atoms with Crippen LogP contribution in [0.4, 0.5) is 5.13 Å². The monoisotopic (exact) mass is 510 g/mol. The number of rotatable bonds is 15. The van der Waals surface area contributed by atoms with Crippen LogP contribution in [0.5, 0.6) is 11.5 Å². The van der Waals surface area contributed by atoms with Gasteiger partial charge < -0.3 is 25.3 Å². The standard InChI is InChI=1S/C28H38N4O3S/c1-4-6-10-25-26(30-28(36-25)32(3)5-2)21-11-15-23(16-12-21)34-19-8-7-9-20-35-24-17-13-22(14-18-24)27(29)31-33/h11-18,33H,4-10,19-20H2,1-3H3,(H2,29,31). The number of hydrogen-bond donors (Lipinski definition) is 2. The van der Waals surface area contributed by atoms with E-state index in [1.807, 2.05) is 35.6 Å².